The van der Waals surface area contributed by atoms with Crippen LogP contribution < -0.4 is 15.9 Å². The van der Waals surface area contributed by atoms with Crippen LogP contribution >= 0.6 is 0 Å². The van der Waals surface area contributed by atoms with Gasteiger partial charge in [0.25, 0.3) is 0 Å². The molecule has 2 unspecified atom stereocenters. The molecule has 2 atom stereocenters. The maximum Gasteiger partial charge on any atom is 0.498 e. The zero-order valence-corrected chi connectivity index (χ0v) is 24.2. The van der Waals surface area contributed by atoms with E-state index < -0.39 is 30.5 Å². The van der Waals surface area contributed by atoms with Gasteiger partial charge in [-0.15, -0.1) is 0 Å². The summed E-state index contributed by atoms with van der Waals surface area (Å²) in [6, 6.07) is 15.8. The number of nitrogens with two attached hydrogens (primary N) is 1. The van der Waals surface area contributed by atoms with Crippen molar-refractivity contribution in [2.45, 2.75) is 85.2 Å². The molecule has 0 saturated carbocycles. The summed E-state index contributed by atoms with van der Waals surface area (Å²) in [4.78, 5) is 11.4. The number of primary amides is 1. The molecule has 8 nitrogen and oxygen atoms in total. The highest BCUT2D eigenvalue weighted by Crippen LogP contribution is 2.40. The first kappa shape index (κ1) is 28.7. The molecule has 1 saturated heterocycles. The molecule has 1 aromatic heterocycles. The van der Waals surface area contributed by atoms with Gasteiger partial charge in [0.05, 0.1) is 17.7 Å². The molecular weight excluding hydrogens is 493 g/mol. The number of hydrogen-bond donors (Lipinski definition) is 1. The van der Waals surface area contributed by atoms with E-state index in [-0.39, 0.29) is 11.3 Å². The van der Waals surface area contributed by atoms with Gasteiger partial charge in [0.1, 0.15) is 17.6 Å². The van der Waals surface area contributed by atoms with Crippen LogP contribution in [0.4, 0.5) is 4.79 Å². The Bertz CT molecular complexity index is 1300. The molecule has 2 N–H and O–H groups in total. The molecule has 1 amide bonds. The van der Waals surface area contributed by atoms with E-state index in [0.717, 1.165) is 22.3 Å². The van der Waals surface area contributed by atoms with Crippen molar-refractivity contribution < 1.29 is 23.6 Å². The third kappa shape index (κ3) is 6.65. The molecule has 1 fully saturated rings. The lowest BCUT2D eigenvalue weighted by molar-refractivity contribution is 0.00578. The number of carbonyl (C=O) groups is 1. The van der Waals surface area contributed by atoms with E-state index >= 15 is 0 Å². The molecule has 1 aliphatic rings. The summed E-state index contributed by atoms with van der Waals surface area (Å²) in [5.74, 6) is 1.35. The molecule has 3 aromatic rings. The van der Waals surface area contributed by atoms with Crippen molar-refractivity contribution in [1.82, 2.24) is 9.78 Å². The van der Waals surface area contributed by atoms with Crippen molar-refractivity contribution in [3.63, 3.8) is 0 Å². The average Bonchev–Trinajstić information content (AvgIpc) is 3.34. The Balaban J connectivity index is 1.47. The van der Waals surface area contributed by atoms with Gasteiger partial charge in [0.2, 0.25) is 0 Å². The van der Waals surface area contributed by atoms with Crippen LogP contribution in [0.5, 0.6) is 11.5 Å². The van der Waals surface area contributed by atoms with Crippen molar-refractivity contribution >= 4 is 18.7 Å². The lowest BCUT2D eigenvalue weighted by atomic mass is 9.73. The van der Waals surface area contributed by atoms with E-state index in [4.69, 9.17) is 24.5 Å². The zero-order valence-electron chi connectivity index (χ0n) is 24.2. The number of aromatic nitrogens is 2. The first-order chi connectivity index (χ1) is 18.1. The van der Waals surface area contributed by atoms with Crippen LogP contribution in [0.15, 0.2) is 60.9 Å². The second-order valence-corrected chi connectivity index (χ2v) is 12.4. The monoisotopic (exact) mass is 533 g/mol. The van der Waals surface area contributed by atoms with E-state index in [1.165, 1.54) is 0 Å². The molecule has 0 spiro atoms. The largest absolute Gasteiger partial charge is 0.498 e. The van der Waals surface area contributed by atoms with E-state index in [0.29, 0.717) is 12.3 Å². The van der Waals surface area contributed by atoms with Crippen LogP contribution in [-0.2, 0) is 20.6 Å². The molecule has 208 valence electrons. The van der Waals surface area contributed by atoms with Gasteiger partial charge in [-0.3, -0.25) is 4.68 Å². The maximum absolute atomic E-state index is 11.4. The second kappa shape index (κ2) is 10.7. The van der Waals surface area contributed by atoms with Gasteiger partial charge < -0.3 is 24.5 Å². The normalized spacial score (nSPS) is 18.0. The van der Waals surface area contributed by atoms with Gasteiger partial charge >= 0.3 is 13.2 Å². The van der Waals surface area contributed by atoms with Gasteiger partial charge in [0, 0.05) is 23.8 Å². The number of hydrogen-bond acceptors (Lipinski definition) is 6. The Morgan fingerprint density at radius 2 is 1.67 bits per heavy atom. The third-order valence-corrected chi connectivity index (χ3v) is 7.58. The number of ether oxygens (including phenoxy) is 2. The molecule has 4 rings (SSSR count). The summed E-state index contributed by atoms with van der Waals surface area (Å²) in [7, 11) is -0.446. The summed E-state index contributed by atoms with van der Waals surface area (Å²) in [5.41, 5.74) is 7.28. The third-order valence-electron chi connectivity index (χ3n) is 7.58. The quantitative estimate of drug-likeness (QED) is 0.377. The fraction of sp³-hybridized carbons (Fsp3) is 0.467. The highest BCUT2D eigenvalue weighted by Gasteiger charge is 2.52. The lowest BCUT2D eigenvalue weighted by Crippen LogP contribution is -2.41. The Kier molecular flexibility index (Phi) is 7.87. The average molecular weight is 533 g/mol. The van der Waals surface area contributed by atoms with E-state index in [9.17, 15) is 4.79 Å². The van der Waals surface area contributed by atoms with E-state index in [1.807, 2.05) is 94.0 Å². The first-order valence-electron chi connectivity index (χ1n) is 13.4. The van der Waals surface area contributed by atoms with Crippen molar-refractivity contribution in [2.75, 3.05) is 0 Å². The minimum absolute atomic E-state index is 0.0714. The number of amides is 1. The number of rotatable bonds is 8. The predicted molar refractivity (Wildman–Crippen MR) is 152 cm³/mol. The minimum atomic E-state index is -0.777. The smallest absolute Gasteiger partial charge is 0.457 e. The van der Waals surface area contributed by atoms with Crippen LogP contribution in [0, 0.1) is 5.41 Å². The predicted octanol–water partition coefficient (Wildman–Crippen LogP) is 5.64. The zero-order chi connectivity index (χ0) is 28.6. The molecular formula is C30H40BN3O5. The van der Waals surface area contributed by atoms with Gasteiger partial charge in [0.15, 0.2) is 0 Å². The standard InChI is InChI=1S/C30H40BN3O5/c1-20(36-27(32)35)26(28(2,3)4)22-12-10-14-25(16-22)37-24-13-9-11-21(15-24)18-34-19-23(17-33-34)31-38-29(5,6)30(7,8)39-31/h9-17,19-20,26H,18H2,1-8H3,(H2,32,35). The van der Waals surface area contributed by atoms with Crippen LogP contribution in [0.3, 0.4) is 0 Å². The Labute approximate surface area is 231 Å². The van der Waals surface area contributed by atoms with Gasteiger partial charge in [-0.25, -0.2) is 4.79 Å². The van der Waals surface area contributed by atoms with E-state index in [1.54, 1.807) is 6.20 Å². The molecule has 0 bridgehead atoms. The Hall–Kier alpha value is -3.30. The molecule has 9 heteroatoms. The Morgan fingerprint density at radius 3 is 2.28 bits per heavy atom. The summed E-state index contributed by atoms with van der Waals surface area (Å²) < 4.78 is 25.8. The molecule has 2 heterocycles. The maximum atomic E-state index is 11.4. The van der Waals surface area contributed by atoms with Crippen molar-refractivity contribution in [3.05, 3.63) is 72.1 Å². The van der Waals surface area contributed by atoms with E-state index in [2.05, 4.69) is 25.9 Å². The highest BCUT2D eigenvalue weighted by molar-refractivity contribution is 6.62. The highest BCUT2D eigenvalue weighted by atomic mass is 16.7. The molecule has 0 radical (unpaired) electrons. The number of benzene rings is 2. The van der Waals surface area contributed by atoms with Crippen molar-refractivity contribution in [2.24, 2.45) is 11.1 Å². The topological polar surface area (TPSA) is 97.8 Å². The summed E-state index contributed by atoms with van der Waals surface area (Å²) in [5, 5.41) is 4.53. The fourth-order valence-corrected chi connectivity index (χ4v) is 5.10. The molecule has 2 aromatic carbocycles. The number of nitrogens with zero attached hydrogens (tertiary/aromatic N) is 2. The molecule has 39 heavy (non-hydrogen) atoms. The van der Waals surface area contributed by atoms with Gasteiger partial charge in [-0.1, -0.05) is 45.0 Å². The molecule has 1 aliphatic heterocycles. The van der Waals surface area contributed by atoms with Crippen LogP contribution in [0.1, 0.15) is 72.4 Å². The van der Waals surface area contributed by atoms with Crippen LogP contribution in [0.25, 0.3) is 0 Å². The van der Waals surface area contributed by atoms with Crippen LogP contribution in [0.2, 0.25) is 0 Å². The minimum Gasteiger partial charge on any atom is -0.457 e. The van der Waals surface area contributed by atoms with Crippen LogP contribution in [-0.4, -0.2) is 40.3 Å². The SMILES string of the molecule is CC(OC(N)=O)C(c1cccc(Oc2cccc(Cn3cc(B4OC(C)(C)C(C)(C)O4)cn3)c2)c1)C(C)(C)C. The van der Waals surface area contributed by atoms with Crippen molar-refractivity contribution in [3.8, 4) is 11.5 Å². The summed E-state index contributed by atoms with van der Waals surface area (Å²) in [6.45, 7) is 16.9. The second-order valence-electron chi connectivity index (χ2n) is 12.4. The number of carbonyl (C=O) groups excluding carboxylic acids is 1. The Morgan fingerprint density at radius 1 is 1.05 bits per heavy atom. The molecule has 0 aliphatic carbocycles. The summed E-state index contributed by atoms with van der Waals surface area (Å²) in [6.07, 6.45) is 2.59. The first-order valence-corrected chi connectivity index (χ1v) is 13.4. The lowest BCUT2D eigenvalue weighted by Gasteiger charge is -2.35. The van der Waals surface area contributed by atoms with Gasteiger partial charge in [-0.2, -0.15) is 5.10 Å². The fourth-order valence-electron chi connectivity index (χ4n) is 5.10. The van der Waals surface area contributed by atoms with Gasteiger partial charge in [-0.05, 0) is 75.4 Å². The summed E-state index contributed by atoms with van der Waals surface area (Å²) >= 11 is 0. The van der Waals surface area contributed by atoms with Crippen molar-refractivity contribution in [1.29, 1.82) is 0 Å².